The van der Waals surface area contributed by atoms with Crippen molar-refractivity contribution in [1.82, 2.24) is 23.9 Å². The van der Waals surface area contributed by atoms with E-state index >= 15 is 0 Å². The summed E-state index contributed by atoms with van der Waals surface area (Å²) in [6, 6.07) is 25.8. The first-order chi connectivity index (χ1) is 23.5. The van der Waals surface area contributed by atoms with E-state index in [4.69, 9.17) is 4.74 Å². The molecule has 2 atom stereocenters. The Morgan fingerprint density at radius 1 is 0.898 bits per heavy atom. The lowest BCUT2D eigenvalue weighted by Crippen LogP contribution is -2.53. The molecule has 7 rings (SSSR count). The molecule has 254 valence electrons. The number of amides is 2. The van der Waals surface area contributed by atoms with Crippen LogP contribution >= 0.6 is 0 Å². The van der Waals surface area contributed by atoms with Crippen LogP contribution in [0.15, 0.2) is 96.2 Å². The van der Waals surface area contributed by atoms with Crippen molar-refractivity contribution in [1.29, 1.82) is 0 Å². The van der Waals surface area contributed by atoms with E-state index in [0.717, 1.165) is 22.0 Å². The third kappa shape index (κ3) is 6.57. The second-order valence-electron chi connectivity index (χ2n) is 14.5. The Morgan fingerprint density at radius 2 is 1.61 bits per heavy atom. The molecule has 0 spiro atoms. The van der Waals surface area contributed by atoms with Crippen LogP contribution in [0, 0.1) is 5.92 Å². The van der Waals surface area contributed by atoms with Gasteiger partial charge in [0.2, 0.25) is 5.91 Å². The number of benzene rings is 3. The number of aromatic nitrogens is 3. The summed E-state index contributed by atoms with van der Waals surface area (Å²) in [5.41, 5.74) is 0.547. The van der Waals surface area contributed by atoms with E-state index in [1.807, 2.05) is 91.0 Å². The van der Waals surface area contributed by atoms with Gasteiger partial charge in [0.05, 0.1) is 23.2 Å². The van der Waals surface area contributed by atoms with Crippen molar-refractivity contribution in [2.75, 3.05) is 26.2 Å². The van der Waals surface area contributed by atoms with E-state index in [2.05, 4.69) is 23.2 Å². The molecule has 2 fully saturated rings. The van der Waals surface area contributed by atoms with Gasteiger partial charge in [-0.1, -0.05) is 66.7 Å². The number of aliphatic hydroxyl groups is 1. The van der Waals surface area contributed by atoms with Crippen LogP contribution in [0.4, 0.5) is 4.79 Å². The monoisotopic (exact) mass is 661 g/mol. The first-order valence-corrected chi connectivity index (χ1v) is 17.1. The number of rotatable bonds is 5. The highest BCUT2D eigenvalue weighted by molar-refractivity contribution is 5.92. The third-order valence-electron chi connectivity index (χ3n) is 9.98. The maximum Gasteiger partial charge on any atom is 0.410 e. The number of hydrogen-bond acceptors (Lipinski definition) is 6. The molecule has 2 aliphatic rings. The van der Waals surface area contributed by atoms with Crippen molar-refractivity contribution in [3.63, 3.8) is 0 Å². The number of carbonyl (C=O) groups excluding carboxylic acids is 2. The largest absolute Gasteiger partial charge is 0.444 e. The van der Waals surface area contributed by atoms with E-state index in [0.29, 0.717) is 56.5 Å². The molecular formula is C39H43N5O5. The van der Waals surface area contributed by atoms with Gasteiger partial charge in [-0.3, -0.25) is 14.2 Å². The number of ether oxygens (including phenoxy) is 1. The average Bonchev–Trinajstić information content (AvgIpc) is 3.53. The van der Waals surface area contributed by atoms with Crippen molar-refractivity contribution >= 4 is 33.8 Å². The molecule has 0 unspecified atom stereocenters. The quantitative estimate of drug-likeness (QED) is 0.258. The number of piperidine rings is 2. The topological polar surface area (TPSA) is 110 Å². The molecule has 2 aromatic heterocycles. The number of likely N-dealkylation sites (tertiary alicyclic amines) is 2. The van der Waals surface area contributed by atoms with E-state index in [9.17, 15) is 19.5 Å². The summed E-state index contributed by atoms with van der Waals surface area (Å²) in [5.74, 6) is -0.435. The normalized spacial score (nSPS) is 19.7. The van der Waals surface area contributed by atoms with Crippen molar-refractivity contribution in [3.05, 3.63) is 107 Å². The summed E-state index contributed by atoms with van der Waals surface area (Å²) >= 11 is 0. The van der Waals surface area contributed by atoms with Gasteiger partial charge in [-0.2, -0.15) is 0 Å². The standard InChI is InChI=1S/C39H43N5O5/c1-38(2,3)49-37(47)42-20-16-30(32(24-42)28-10-5-4-6-11-28)35(45)41-22-18-39(48,19-23-41)25-43-26-40-34-31(36(43)46)17-21-44(34)33-15-9-13-27-12-7-8-14-29(27)33/h4-15,17,21,26,30,32,48H,16,18-20,22-25H2,1-3H3/t30-,32+/m1/s1. The predicted molar refractivity (Wildman–Crippen MR) is 189 cm³/mol. The maximum absolute atomic E-state index is 14.1. The molecule has 0 bridgehead atoms. The summed E-state index contributed by atoms with van der Waals surface area (Å²) in [7, 11) is 0. The fourth-order valence-electron chi connectivity index (χ4n) is 7.41. The predicted octanol–water partition coefficient (Wildman–Crippen LogP) is 5.73. The maximum atomic E-state index is 14.1. The van der Waals surface area contributed by atoms with Gasteiger partial charge in [0, 0.05) is 49.6 Å². The van der Waals surface area contributed by atoms with Crippen molar-refractivity contribution in [3.8, 4) is 5.69 Å². The molecule has 5 aromatic rings. The summed E-state index contributed by atoms with van der Waals surface area (Å²) in [5, 5.41) is 14.3. The van der Waals surface area contributed by atoms with Crippen LogP contribution in [0.2, 0.25) is 0 Å². The van der Waals surface area contributed by atoms with Gasteiger partial charge in [0.15, 0.2) is 5.65 Å². The highest BCUT2D eigenvalue weighted by Crippen LogP contribution is 2.36. The minimum atomic E-state index is -1.16. The molecule has 3 aromatic carbocycles. The molecule has 0 aliphatic carbocycles. The molecule has 10 nitrogen and oxygen atoms in total. The molecule has 0 radical (unpaired) electrons. The van der Waals surface area contributed by atoms with E-state index in [-0.39, 0.29) is 35.9 Å². The first kappa shape index (κ1) is 32.6. The van der Waals surface area contributed by atoms with Gasteiger partial charge in [-0.25, -0.2) is 9.78 Å². The molecule has 2 saturated heterocycles. The highest BCUT2D eigenvalue weighted by Gasteiger charge is 2.42. The number of carbonyl (C=O) groups is 2. The molecule has 10 heteroatoms. The average molecular weight is 662 g/mol. The summed E-state index contributed by atoms with van der Waals surface area (Å²) < 4.78 is 9.07. The zero-order chi connectivity index (χ0) is 34.3. The third-order valence-corrected chi connectivity index (χ3v) is 9.98. The van der Waals surface area contributed by atoms with E-state index in [1.54, 1.807) is 11.0 Å². The smallest absolute Gasteiger partial charge is 0.410 e. The SMILES string of the molecule is CC(C)(C)OC(=O)N1CC[C@@H](C(=O)N2CCC(O)(Cn3cnc4c(ccn4-c4cccc5ccccc45)c3=O)CC2)[C@H](c2ccccc2)C1. The number of hydrogen-bond donors (Lipinski definition) is 1. The van der Waals surface area contributed by atoms with Gasteiger partial charge < -0.3 is 24.2 Å². The van der Waals surface area contributed by atoms with Gasteiger partial charge >= 0.3 is 6.09 Å². The molecule has 1 N–H and O–H groups in total. The lowest BCUT2D eigenvalue weighted by molar-refractivity contribution is -0.142. The number of nitrogens with zero attached hydrogens (tertiary/aromatic N) is 5. The Labute approximate surface area is 285 Å². The second kappa shape index (κ2) is 12.8. The van der Waals surface area contributed by atoms with Gasteiger partial charge in [-0.05, 0) is 63.1 Å². The van der Waals surface area contributed by atoms with Crippen molar-refractivity contribution in [2.45, 2.75) is 63.7 Å². The van der Waals surface area contributed by atoms with Crippen molar-refractivity contribution < 1.29 is 19.4 Å². The zero-order valence-electron chi connectivity index (χ0n) is 28.3. The Bertz CT molecular complexity index is 2050. The Balaban J connectivity index is 1.05. The van der Waals surface area contributed by atoms with Crippen LogP contribution < -0.4 is 5.56 Å². The zero-order valence-corrected chi connectivity index (χ0v) is 28.3. The lowest BCUT2D eigenvalue weighted by atomic mass is 9.79. The molecular weight excluding hydrogens is 618 g/mol. The van der Waals surface area contributed by atoms with Crippen LogP contribution in [0.3, 0.4) is 0 Å². The lowest BCUT2D eigenvalue weighted by Gasteiger charge is -2.43. The van der Waals surface area contributed by atoms with Crippen LogP contribution in [0.5, 0.6) is 0 Å². The Morgan fingerprint density at radius 3 is 2.37 bits per heavy atom. The Kier molecular flexibility index (Phi) is 8.52. The van der Waals surface area contributed by atoms with E-state index < -0.39 is 11.2 Å². The van der Waals surface area contributed by atoms with Crippen LogP contribution in [-0.4, -0.2) is 78.4 Å². The second-order valence-corrected chi connectivity index (χ2v) is 14.5. The van der Waals surface area contributed by atoms with Crippen LogP contribution in [0.1, 0.15) is 51.5 Å². The minimum absolute atomic E-state index is 0.0368. The van der Waals surface area contributed by atoms with Crippen molar-refractivity contribution in [2.24, 2.45) is 5.92 Å². The Hall–Kier alpha value is -4.96. The fourth-order valence-corrected chi connectivity index (χ4v) is 7.41. The van der Waals surface area contributed by atoms with Gasteiger partial charge in [-0.15, -0.1) is 0 Å². The highest BCUT2D eigenvalue weighted by atomic mass is 16.6. The number of fused-ring (bicyclic) bond motifs is 2. The summed E-state index contributed by atoms with van der Waals surface area (Å²) in [6.07, 6.45) is 4.23. The summed E-state index contributed by atoms with van der Waals surface area (Å²) in [6.45, 7) is 7.24. The van der Waals surface area contributed by atoms with Gasteiger partial charge in [0.25, 0.3) is 5.56 Å². The minimum Gasteiger partial charge on any atom is -0.444 e. The van der Waals surface area contributed by atoms with E-state index in [1.165, 1.54) is 10.9 Å². The molecule has 4 heterocycles. The summed E-state index contributed by atoms with van der Waals surface area (Å²) in [4.78, 5) is 48.9. The van der Waals surface area contributed by atoms with Gasteiger partial charge in [0.1, 0.15) is 11.9 Å². The fraction of sp³-hybridized carbons (Fsp3) is 0.385. The van der Waals surface area contributed by atoms with Crippen LogP contribution in [0.25, 0.3) is 27.5 Å². The molecule has 2 amide bonds. The first-order valence-electron chi connectivity index (χ1n) is 17.1. The molecule has 2 aliphatic heterocycles. The van der Waals surface area contributed by atoms with Crippen LogP contribution in [-0.2, 0) is 16.1 Å². The molecule has 49 heavy (non-hydrogen) atoms. The molecule has 0 saturated carbocycles.